The maximum Gasteiger partial charge on any atom is 0.408 e. The van der Waals surface area contributed by atoms with Crippen LogP contribution in [0.2, 0.25) is 0 Å². The van der Waals surface area contributed by atoms with Crippen LogP contribution in [0.15, 0.2) is 41.7 Å². The molecule has 0 heterocycles. The second-order valence-electron chi connectivity index (χ2n) is 6.84. The van der Waals surface area contributed by atoms with E-state index in [0.29, 0.717) is 30.8 Å². The lowest BCUT2D eigenvalue weighted by atomic mass is 9.85. The van der Waals surface area contributed by atoms with Crippen LogP contribution in [0.4, 0.5) is 4.79 Å². The molecule has 1 aliphatic rings. The number of ether oxygens (including phenoxy) is 1. The summed E-state index contributed by atoms with van der Waals surface area (Å²) < 4.78 is 5.51. The number of aliphatic hydroxyl groups is 1. The summed E-state index contributed by atoms with van der Waals surface area (Å²) in [4.78, 5) is 11.9. The number of nitrogens with one attached hydrogen (secondary N) is 2. The zero-order valence-electron chi connectivity index (χ0n) is 15.1. The lowest BCUT2D eigenvalue weighted by Crippen LogP contribution is -2.92. The Morgan fingerprint density at radius 3 is 2.72 bits per heavy atom. The highest BCUT2D eigenvalue weighted by Gasteiger charge is 2.41. The number of hydrogen-bond donors (Lipinski definition) is 5. The molecule has 0 aromatic heterocycles. The summed E-state index contributed by atoms with van der Waals surface area (Å²) in [7, 11) is 0. The van der Waals surface area contributed by atoms with Gasteiger partial charge in [0.1, 0.15) is 11.3 Å². The van der Waals surface area contributed by atoms with Gasteiger partial charge in [-0.2, -0.15) is 5.84 Å². The normalized spacial score (nSPS) is 23.5. The first kappa shape index (κ1) is 19.2. The van der Waals surface area contributed by atoms with Crippen LogP contribution in [0.3, 0.4) is 0 Å². The third kappa shape index (κ3) is 5.19. The fourth-order valence-electron chi connectivity index (χ4n) is 2.96. The molecule has 0 saturated carbocycles. The smallest absolute Gasteiger partial charge is 0.408 e. The molecule has 0 fully saturated rings. The molecule has 1 amide bonds. The van der Waals surface area contributed by atoms with Crippen molar-refractivity contribution in [3.63, 3.8) is 0 Å². The van der Waals surface area contributed by atoms with Gasteiger partial charge in [0.05, 0.1) is 0 Å². The lowest BCUT2D eigenvalue weighted by Gasteiger charge is -2.35. The molecule has 0 unspecified atom stereocenters. The first-order valence-electron chi connectivity index (χ1n) is 8.60. The fourth-order valence-corrected chi connectivity index (χ4v) is 2.96. The molecule has 0 aliphatic heterocycles. The van der Waals surface area contributed by atoms with E-state index in [1.54, 1.807) is 6.92 Å². The van der Waals surface area contributed by atoms with Crippen LogP contribution in [-0.4, -0.2) is 28.9 Å². The number of alkyl carbamates (subject to hydrolysis) is 1. The number of hydrogen-bond acceptors (Lipinski definition) is 5. The van der Waals surface area contributed by atoms with E-state index in [4.69, 9.17) is 10.6 Å². The van der Waals surface area contributed by atoms with E-state index in [1.807, 2.05) is 44.2 Å². The minimum atomic E-state index is -1.05. The highest BCUT2D eigenvalue weighted by molar-refractivity contribution is 5.68. The molecule has 25 heavy (non-hydrogen) atoms. The van der Waals surface area contributed by atoms with E-state index in [9.17, 15) is 9.90 Å². The molecule has 2 rings (SSSR count). The van der Waals surface area contributed by atoms with Gasteiger partial charge in [0.15, 0.2) is 11.8 Å². The average molecular weight is 349 g/mol. The highest BCUT2D eigenvalue weighted by atomic mass is 16.6. The van der Waals surface area contributed by atoms with E-state index in [-0.39, 0.29) is 6.04 Å². The Hall–Kier alpha value is -2.09. The molecular weight excluding hydrogens is 320 g/mol. The zero-order chi connectivity index (χ0) is 18.4. The molecule has 0 radical (unpaired) electrons. The van der Waals surface area contributed by atoms with E-state index >= 15 is 0 Å². The minimum absolute atomic E-state index is 0.0100. The summed E-state index contributed by atoms with van der Waals surface area (Å²) in [5.74, 6) is 5.81. The zero-order valence-corrected chi connectivity index (χ0v) is 15.1. The lowest BCUT2D eigenvalue weighted by molar-refractivity contribution is -0.628. The fraction of sp³-hybridized carbons (Fsp3) is 0.500. The summed E-state index contributed by atoms with van der Waals surface area (Å²) >= 11 is 0. The van der Waals surface area contributed by atoms with Gasteiger partial charge < -0.3 is 20.5 Å². The van der Waals surface area contributed by atoms with Gasteiger partial charge in [-0.1, -0.05) is 30.3 Å². The third-order valence-electron chi connectivity index (χ3n) is 4.21. The Labute approximate surface area is 148 Å². The number of rotatable bonds is 6. The summed E-state index contributed by atoms with van der Waals surface area (Å²) in [6.07, 6.45) is 0.0182. The summed E-state index contributed by atoms with van der Waals surface area (Å²) in [6.45, 7) is 6.03. The second-order valence-corrected chi connectivity index (χ2v) is 6.84. The van der Waals surface area contributed by atoms with Gasteiger partial charge in [-0.05, 0) is 39.2 Å². The van der Waals surface area contributed by atoms with Crippen molar-refractivity contribution in [3.05, 3.63) is 47.3 Å². The van der Waals surface area contributed by atoms with Crippen LogP contribution in [-0.2, 0) is 11.3 Å². The standard InChI is InChI=1S/C18H28N4O3/c1-12(2)21-17(23)25-14-9-10-18(3,24)16(15(14)22-19)20-11-13-7-5-4-6-8-13/h4-8,12,14,20,22,24H,9-11,19H2,1-3H3,(H,21,23)/p+1/t14-,18-/m1/s1. The Balaban J connectivity index is 2.18. The first-order chi connectivity index (χ1) is 11.8. The summed E-state index contributed by atoms with van der Waals surface area (Å²) in [5, 5.41) is 16.7. The van der Waals surface area contributed by atoms with E-state index in [0.717, 1.165) is 5.56 Å². The summed E-state index contributed by atoms with van der Waals surface area (Å²) in [5.41, 5.74) is 2.67. The molecule has 1 aliphatic carbocycles. The molecule has 7 N–H and O–H groups in total. The molecule has 7 nitrogen and oxygen atoms in total. The highest BCUT2D eigenvalue weighted by Crippen LogP contribution is 2.31. The van der Waals surface area contributed by atoms with Gasteiger partial charge in [-0.15, -0.1) is 0 Å². The van der Waals surface area contributed by atoms with Gasteiger partial charge in [0.25, 0.3) is 0 Å². The van der Waals surface area contributed by atoms with Crippen molar-refractivity contribution in [1.82, 2.24) is 10.6 Å². The minimum Gasteiger partial charge on any atom is -0.435 e. The maximum atomic E-state index is 11.9. The number of carbonyl (C=O) groups excluding carboxylic acids is 1. The second kappa shape index (κ2) is 8.33. The molecule has 138 valence electrons. The van der Waals surface area contributed by atoms with Gasteiger partial charge >= 0.3 is 6.09 Å². The monoisotopic (exact) mass is 349 g/mol. The van der Waals surface area contributed by atoms with Crippen molar-refractivity contribution in [1.29, 1.82) is 0 Å². The van der Waals surface area contributed by atoms with E-state index in [1.165, 1.54) is 5.43 Å². The Morgan fingerprint density at radius 1 is 1.44 bits per heavy atom. The van der Waals surface area contributed by atoms with Gasteiger partial charge in [0.2, 0.25) is 0 Å². The van der Waals surface area contributed by atoms with Gasteiger partial charge in [-0.25, -0.2) is 10.2 Å². The van der Waals surface area contributed by atoms with E-state index < -0.39 is 17.8 Å². The van der Waals surface area contributed by atoms with Crippen LogP contribution in [0.5, 0.6) is 0 Å². The van der Waals surface area contributed by atoms with Gasteiger partial charge in [0, 0.05) is 12.6 Å². The van der Waals surface area contributed by atoms with Crippen molar-refractivity contribution >= 4 is 6.09 Å². The van der Waals surface area contributed by atoms with Crippen molar-refractivity contribution in [2.24, 2.45) is 5.84 Å². The molecule has 7 heteroatoms. The molecule has 0 spiro atoms. The molecule has 1 aromatic rings. The Morgan fingerprint density at radius 2 is 2.12 bits per heavy atom. The topological polar surface area (TPSA) is 113 Å². The van der Waals surface area contributed by atoms with Crippen molar-refractivity contribution < 1.29 is 20.1 Å². The SMILES string of the molecule is CC(C)NC(=O)O[C@@H]1CC[C@@](C)(O)C(NCc2ccccc2)=C1[NH2+]N. The molecule has 2 atom stereocenters. The van der Waals surface area contributed by atoms with Crippen molar-refractivity contribution in [3.8, 4) is 0 Å². The number of benzene rings is 1. The van der Waals surface area contributed by atoms with Crippen LogP contribution in [0, 0.1) is 0 Å². The first-order valence-corrected chi connectivity index (χ1v) is 8.60. The molecule has 0 saturated heterocycles. The van der Waals surface area contributed by atoms with Crippen molar-refractivity contribution in [2.45, 2.75) is 57.9 Å². The quantitative estimate of drug-likeness (QED) is 0.379. The van der Waals surface area contributed by atoms with E-state index in [2.05, 4.69) is 10.6 Å². The van der Waals surface area contributed by atoms with Crippen molar-refractivity contribution in [2.75, 3.05) is 0 Å². The summed E-state index contributed by atoms with van der Waals surface area (Å²) in [6, 6.07) is 9.87. The maximum absolute atomic E-state index is 11.9. The number of amides is 1. The third-order valence-corrected chi connectivity index (χ3v) is 4.21. The van der Waals surface area contributed by atoms with Crippen LogP contribution in [0.1, 0.15) is 39.2 Å². The average Bonchev–Trinajstić information content (AvgIpc) is 2.55. The Kier molecular flexibility index (Phi) is 6.41. The van der Waals surface area contributed by atoms with Gasteiger partial charge in [-0.3, -0.25) is 0 Å². The molecular formula is C18H29N4O3+. The van der Waals surface area contributed by atoms with Crippen LogP contribution in [0.25, 0.3) is 0 Å². The molecule has 0 bridgehead atoms. The number of nitrogens with two attached hydrogens (primary N) is 2. The Bertz CT molecular complexity index is 614. The molecule has 1 aromatic carbocycles. The number of quaternary nitrogens is 1. The largest absolute Gasteiger partial charge is 0.435 e. The number of carbonyl (C=O) groups is 1. The van der Waals surface area contributed by atoms with Crippen LogP contribution < -0.4 is 21.9 Å². The predicted molar refractivity (Wildman–Crippen MR) is 94.8 cm³/mol. The van der Waals surface area contributed by atoms with Crippen LogP contribution >= 0.6 is 0 Å². The predicted octanol–water partition coefficient (Wildman–Crippen LogP) is 0.473.